The summed E-state index contributed by atoms with van der Waals surface area (Å²) >= 11 is 0. The van der Waals surface area contributed by atoms with Crippen LogP contribution in [-0.2, 0) is 17.9 Å². The first-order valence-corrected chi connectivity index (χ1v) is 6.50. The molecule has 0 aliphatic carbocycles. The largest absolute Gasteiger partial charge is 0.481 e. The number of aryl methyl sites for hydroxylation is 1. The molecule has 0 bridgehead atoms. The molecule has 1 aromatic carbocycles. The number of hydrogen-bond donors (Lipinski definition) is 2. The minimum Gasteiger partial charge on any atom is -0.481 e. The van der Waals surface area contributed by atoms with Gasteiger partial charge >= 0.3 is 5.97 Å². The van der Waals surface area contributed by atoms with Gasteiger partial charge in [0.25, 0.3) is 0 Å². The van der Waals surface area contributed by atoms with Crippen molar-refractivity contribution in [2.45, 2.75) is 32.9 Å². The van der Waals surface area contributed by atoms with E-state index in [4.69, 9.17) is 9.52 Å². The van der Waals surface area contributed by atoms with Crippen LogP contribution in [0, 0.1) is 6.92 Å². The predicted molar refractivity (Wildman–Crippen MR) is 74.3 cm³/mol. The number of oxazole rings is 1. The van der Waals surface area contributed by atoms with Gasteiger partial charge in [-0.05, 0) is 25.0 Å². The van der Waals surface area contributed by atoms with Gasteiger partial charge in [-0.15, -0.1) is 0 Å². The summed E-state index contributed by atoms with van der Waals surface area (Å²) in [6.07, 6.45) is 1.69. The molecule has 0 amide bonds. The molecule has 0 radical (unpaired) electrons. The zero-order valence-corrected chi connectivity index (χ0v) is 11.6. The summed E-state index contributed by atoms with van der Waals surface area (Å²) in [6, 6.07) is 7.57. The second-order valence-electron chi connectivity index (χ2n) is 4.77. The fourth-order valence-corrected chi connectivity index (χ4v) is 1.86. The maximum atomic E-state index is 10.9. The second kappa shape index (κ2) is 6.34. The molecule has 2 aromatic rings. The summed E-state index contributed by atoms with van der Waals surface area (Å²) in [5, 5.41) is 12.2. The monoisotopic (exact) mass is 274 g/mol. The number of aromatic nitrogens is 1. The minimum atomic E-state index is -0.810. The quantitative estimate of drug-likeness (QED) is 0.846. The van der Waals surface area contributed by atoms with Crippen molar-refractivity contribution in [1.29, 1.82) is 0 Å². The van der Waals surface area contributed by atoms with Crippen molar-refractivity contribution >= 4 is 5.97 Å². The van der Waals surface area contributed by atoms with E-state index in [0.29, 0.717) is 19.0 Å². The normalized spacial score (nSPS) is 12.3. The van der Waals surface area contributed by atoms with Crippen LogP contribution in [0.4, 0.5) is 0 Å². The van der Waals surface area contributed by atoms with Crippen LogP contribution >= 0.6 is 0 Å². The molecule has 1 heterocycles. The average Bonchev–Trinajstić information content (AvgIpc) is 2.84. The maximum absolute atomic E-state index is 10.9. The molecule has 1 atom stereocenters. The molecular formula is C15H18N2O3. The number of carbonyl (C=O) groups is 1. The topological polar surface area (TPSA) is 75.4 Å². The van der Waals surface area contributed by atoms with Crippen molar-refractivity contribution in [1.82, 2.24) is 10.3 Å². The van der Waals surface area contributed by atoms with Crippen molar-refractivity contribution in [3.63, 3.8) is 0 Å². The number of hydrogen-bond acceptors (Lipinski definition) is 4. The molecule has 0 saturated carbocycles. The van der Waals surface area contributed by atoms with E-state index in [1.807, 2.05) is 31.2 Å². The standard InChI is InChI=1S/C15H18N2O3/c1-10-7-17-14(20-10)9-16-8-12-3-5-13(6-4-12)11(2)15(18)19/h3-7,11,16H,8-9H2,1-2H3,(H,18,19). The van der Waals surface area contributed by atoms with Crippen LogP contribution in [0.1, 0.15) is 35.6 Å². The van der Waals surface area contributed by atoms with Crippen LogP contribution in [0.5, 0.6) is 0 Å². The third-order valence-electron chi connectivity index (χ3n) is 3.12. The molecule has 1 unspecified atom stereocenters. The van der Waals surface area contributed by atoms with Gasteiger partial charge in [-0.25, -0.2) is 4.98 Å². The molecule has 0 aliphatic heterocycles. The van der Waals surface area contributed by atoms with E-state index >= 15 is 0 Å². The third-order valence-corrected chi connectivity index (χ3v) is 3.12. The van der Waals surface area contributed by atoms with Crippen LogP contribution < -0.4 is 5.32 Å². The van der Waals surface area contributed by atoms with Crippen molar-refractivity contribution in [2.24, 2.45) is 0 Å². The van der Waals surface area contributed by atoms with Crippen LogP contribution in [0.2, 0.25) is 0 Å². The fourth-order valence-electron chi connectivity index (χ4n) is 1.86. The Hall–Kier alpha value is -2.14. The van der Waals surface area contributed by atoms with E-state index in [1.165, 1.54) is 0 Å². The Morgan fingerprint density at radius 1 is 1.35 bits per heavy atom. The Kier molecular flexibility index (Phi) is 4.53. The Bertz CT molecular complexity index is 575. The molecule has 0 spiro atoms. The van der Waals surface area contributed by atoms with Crippen molar-refractivity contribution in [3.05, 3.63) is 53.2 Å². The summed E-state index contributed by atoms with van der Waals surface area (Å²) < 4.78 is 5.36. The molecule has 106 valence electrons. The highest BCUT2D eigenvalue weighted by Crippen LogP contribution is 2.16. The number of rotatable bonds is 6. The lowest BCUT2D eigenvalue weighted by Gasteiger charge is -2.08. The van der Waals surface area contributed by atoms with Crippen LogP contribution in [-0.4, -0.2) is 16.1 Å². The van der Waals surface area contributed by atoms with Crippen molar-refractivity contribution < 1.29 is 14.3 Å². The third kappa shape index (κ3) is 3.68. The molecule has 0 aliphatic rings. The number of benzene rings is 1. The van der Waals surface area contributed by atoms with Gasteiger partial charge in [0.15, 0.2) is 0 Å². The average molecular weight is 274 g/mol. The Morgan fingerprint density at radius 3 is 2.60 bits per heavy atom. The highest BCUT2D eigenvalue weighted by Gasteiger charge is 2.12. The van der Waals surface area contributed by atoms with Gasteiger partial charge < -0.3 is 14.8 Å². The lowest BCUT2D eigenvalue weighted by molar-refractivity contribution is -0.138. The van der Waals surface area contributed by atoms with E-state index in [2.05, 4.69) is 10.3 Å². The molecule has 20 heavy (non-hydrogen) atoms. The van der Waals surface area contributed by atoms with E-state index in [0.717, 1.165) is 16.9 Å². The van der Waals surface area contributed by atoms with Crippen molar-refractivity contribution in [2.75, 3.05) is 0 Å². The van der Waals surface area contributed by atoms with E-state index < -0.39 is 11.9 Å². The number of aliphatic carboxylic acids is 1. The fraction of sp³-hybridized carbons (Fsp3) is 0.333. The smallest absolute Gasteiger partial charge is 0.310 e. The van der Waals surface area contributed by atoms with Gasteiger partial charge in [0, 0.05) is 6.54 Å². The molecule has 5 heteroatoms. The lowest BCUT2D eigenvalue weighted by atomic mass is 10.0. The van der Waals surface area contributed by atoms with Gasteiger partial charge in [0.05, 0.1) is 18.7 Å². The lowest BCUT2D eigenvalue weighted by Crippen LogP contribution is -2.13. The molecule has 0 saturated heterocycles. The predicted octanol–water partition coefficient (Wildman–Crippen LogP) is 2.46. The van der Waals surface area contributed by atoms with Gasteiger partial charge in [-0.2, -0.15) is 0 Å². The van der Waals surface area contributed by atoms with Crippen LogP contribution in [0.25, 0.3) is 0 Å². The summed E-state index contributed by atoms with van der Waals surface area (Å²) in [7, 11) is 0. The summed E-state index contributed by atoms with van der Waals surface area (Å²) in [5.41, 5.74) is 1.90. The van der Waals surface area contributed by atoms with Crippen LogP contribution in [0.3, 0.4) is 0 Å². The molecule has 2 rings (SSSR count). The minimum absolute atomic E-state index is 0.479. The van der Waals surface area contributed by atoms with Crippen LogP contribution in [0.15, 0.2) is 34.9 Å². The van der Waals surface area contributed by atoms with Crippen molar-refractivity contribution in [3.8, 4) is 0 Å². The Morgan fingerprint density at radius 2 is 2.05 bits per heavy atom. The number of nitrogens with one attached hydrogen (secondary N) is 1. The summed E-state index contributed by atoms with van der Waals surface area (Å²) in [6.45, 7) is 4.80. The first-order chi connectivity index (χ1) is 9.56. The number of nitrogens with zero attached hydrogens (tertiary/aromatic N) is 1. The Balaban J connectivity index is 1.86. The summed E-state index contributed by atoms with van der Waals surface area (Å²) in [4.78, 5) is 15.0. The van der Waals surface area contributed by atoms with E-state index in [-0.39, 0.29) is 0 Å². The second-order valence-corrected chi connectivity index (χ2v) is 4.77. The first kappa shape index (κ1) is 14.3. The highest BCUT2D eigenvalue weighted by molar-refractivity contribution is 5.75. The number of carboxylic acid groups (broad SMARTS) is 1. The number of carboxylic acids is 1. The van der Waals surface area contributed by atoms with Gasteiger partial charge in [0.1, 0.15) is 5.76 Å². The summed E-state index contributed by atoms with van der Waals surface area (Å²) in [5.74, 6) is 0.176. The maximum Gasteiger partial charge on any atom is 0.310 e. The molecule has 1 aromatic heterocycles. The van der Waals surface area contributed by atoms with Gasteiger partial charge in [0.2, 0.25) is 5.89 Å². The molecule has 2 N–H and O–H groups in total. The van der Waals surface area contributed by atoms with E-state index in [1.54, 1.807) is 13.1 Å². The molecule has 0 fully saturated rings. The molecule has 5 nitrogen and oxygen atoms in total. The Labute approximate surface area is 117 Å². The first-order valence-electron chi connectivity index (χ1n) is 6.50. The van der Waals surface area contributed by atoms with Gasteiger partial charge in [-0.1, -0.05) is 24.3 Å². The SMILES string of the molecule is Cc1cnc(CNCc2ccc(C(C)C(=O)O)cc2)o1. The zero-order chi connectivity index (χ0) is 14.5. The zero-order valence-electron chi connectivity index (χ0n) is 11.6. The van der Waals surface area contributed by atoms with Gasteiger partial charge in [-0.3, -0.25) is 4.79 Å². The highest BCUT2D eigenvalue weighted by atomic mass is 16.4. The molecular weight excluding hydrogens is 256 g/mol. The van der Waals surface area contributed by atoms with E-state index in [9.17, 15) is 4.79 Å².